The number of aliphatic hydroxyl groups excluding tert-OH is 1. The van der Waals surface area contributed by atoms with Gasteiger partial charge in [0.1, 0.15) is 0 Å². The van der Waals surface area contributed by atoms with Crippen LogP contribution >= 0.6 is 11.8 Å². The van der Waals surface area contributed by atoms with Crippen molar-refractivity contribution in [1.82, 2.24) is 10.2 Å². The van der Waals surface area contributed by atoms with Crippen molar-refractivity contribution in [2.24, 2.45) is 0 Å². The van der Waals surface area contributed by atoms with Gasteiger partial charge in [-0.3, -0.25) is 0 Å². The molecule has 92 valence electrons. The van der Waals surface area contributed by atoms with Gasteiger partial charge < -0.3 is 15.3 Å². The average molecular weight is 246 g/mol. The number of rotatable bonds is 7. The second kappa shape index (κ2) is 7.32. The molecule has 0 amide bonds. The number of hydrogen-bond donors (Lipinski definition) is 2. The zero-order chi connectivity index (χ0) is 11.9. The molecule has 0 heterocycles. The molecule has 0 rings (SSSR count). The molecule has 0 saturated heterocycles. The number of nitrogens with one attached hydrogen (secondary N) is 1. The van der Waals surface area contributed by atoms with Crippen LogP contribution in [0.4, 0.5) is 13.2 Å². The van der Waals surface area contributed by atoms with Crippen molar-refractivity contribution in [2.75, 3.05) is 39.5 Å². The summed E-state index contributed by atoms with van der Waals surface area (Å²) in [6.45, 7) is 1.06. The van der Waals surface area contributed by atoms with Crippen LogP contribution in [0.5, 0.6) is 0 Å². The zero-order valence-corrected chi connectivity index (χ0v) is 9.66. The fourth-order valence-electron chi connectivity index (χ4n) is 0.994. The van der Waals surface area contributed by atoms with Crippen LogP contribution in [0, 0.1) is 0 Å². The summed E-state index contributed by atoms with van der Waals surface area (Å²) in [6, 6.07) is 0. The fourth-order valence-corrected chi connectivity index (χ4v) is 1.47. The Kier molecular flexibility index (Phi) is 7.33. The number of nitrogens with zero attached hydrogens (tertiary/aromatic N) is 1. The smallest absolute Gasteiger partial charge is 0.390 e. The fraction of sp³-hybridized carbons (Fsp3) is 1.00. The molecule has 0 saturated carbocycles. The van der Waals surface area contributed by atoms with Crippen molar-refractivity contribution >= 4 is 11.8 Å². The molecule has 0 aliphatic heterocycles. The van der Waals surface area contributed by atoms with E-state index in [0.717, 1.165) is 0 Å². The van der Waals surface area contributed by atoms with Crippen LogP contribution in [0.2, 0.25) is 0 Å². The number of thioether (sulfide) groups is 1. The van der Waals surface area contributed by atoms with Gasteiger partial charge in [-0.2, -0.15) is 13.2 Å². The quantitative estimate of drug-likeness (QED) is 0.650. The minimum atomic E-state index is -4.16. The molecular formula is C8H17F3N2OS. The van der Waals surface area contributed by atoms with Gasteiger partial charge in [-0.1, -0.05) is 0 Å². The molecule has 0 spiro atoms. The Balaban J connectivity index is 3.31. The molecule has 3 nitrogen and oxygen atoms in total. The molecule has 0 fully saturated rings. The summed E-state index contributed by atoms with van der Waals surface area (Å²) in [5.41, 5.74) is -4.16. The van der Waals surface area contributed by atoms with Gasteiger partial charge in [0.2, 0.25) is 0 Å². The van der Waals surface area contributed by atoms with Crippen molar-refractivity contribution < 1.29 is 18.3 Å². The molecule has 0 aliphatic carbocycles. The highest BCUT2D eigenvalue weighted by molar-refractivity contribution is 8.00. The lowest BCUT2D eigenvalue weighted by molar-refractivity contribution is -0.0327. The van der Waals surface area contributed by atoms with Crippen LogP contribution in [0.25, 0.3) is 0 Å². The summed E-state index contributed by atoms with van der Waals surface area (Å²) in [4.78, 5) is 1.82. The minimum Gasteiger partial charge on any atom is -0.390 e. The van der Waals surface area contributed by atoms with Crippen LogP contribution in [-0.4, -0.2) is 61.1 Å². The van der Waals surface area contributed by atoms with E-state index in [9.17, 15) is 18.3 Å². The van der Waals surface area contributed by atoms with Crippen molar-refractivity contribution in [1.29, 1.82) is 0 Å². The number of halogens is 3. The van der Waals surface area contributed by atoms with Crippen LogP contribution < -0.4 is 5.32 Å². The van der Waals surface area contributed by atoms with Crippen LogP contribution in [0.1, 0.15) is 0 Å². The summed E-state index contributed by atoms with van der Waals surface area (Å²) in [5.74, 6) is -0.0296. The minimum absolute atomic E-state index is 0.0296. The van der Waals surface area contributed by atoms with E-state index in [1.807, 2.05) is 19.0 Å². The van der Waals surface area contributed by atoms with Gasteiger partial charge in [0, 0.05) is 25.4 Å². The second-order valence-electron chi connectivity index (χ2n) is 3.41. The Morgan fingerprint density at radius 3 is 2.47 bits per heavy atom. The number of hydrogen-bond acceptors (Lipinski definition) is 4. The Bertz CT molecular complexity index is 166. The average Bonchev–Trinajstić information content (AvgIpc) is 1.99. The predicted molar refractivity (Wildman–Crippen MR) is 55.9 cm³/mol. The molecule has 0 aliphatic rings. The first-order chi connectivity index (χ1) is 6.81. The summed E-state index contributed by atoms with van der Waals surface area (Å²) < 4.78 is 35.1. The van der Waals surface area contributed by atoms with Gasteiger partial charge in [0.25, 0.3) is 0 Å². The molecule has 2 N–H and O–H groups in total. The second-order valence-corrected chi connectivity index (χ2v) is 4.57. The molecule has 1 atom stereocenters. The summed E-state index contributed by atoms with van der Waals surface area (Å²) in [5, 5.41) is 12.1. The van der Waals surface area contributed by atoms with E-state index in [1.54, 1.807) is 0 Å². The van der Waals surface area contributed by atoms with Gasteiger partial charge in [0.15, 0.2) is 0 Å². The number of aliphatic hydroxyl groups is 1. The molecule has 1 unspecified atom stereocenters. The van der Waals surface area contributed by atoms with E-state index in [0.29, 0.717) is 13.1 Å². The Morgan fingerprint density at radius 2 is 2.00 bits per heavy atom. The maximum absolute atomic E-state index is 11.7. The Morgan fingerprint density at radius 1 is 1.40 bits per heavy atom. The van der Waals surface area contributed by atoms with E-state index >= 15 is 0 Å². The topological polar surface area (TPSA) is 35.5 Å². The van der Waals surface area contributed by atoms with E-state index in [-0.39, 0.29) is 24.1 Å². The maximum atomic E-state index is 11.7. The van der Waals surface area contributed by atoms with Crippen LogP contribution in [-0.2, 0) is 0 Å². The number of alkyl halides is 3. The maximum Gasteiger partial charge on any atom is 0.441 e. The van der Waals surface area contributed by atoms with E-state index in [1.165, 1.54) is 0 Å². The molecule has 7 heteroatoms. The lowest BCUT2D eigenvalue weighted by Crippen LogP contribution is -2.35. The highest BCUT2D eigenvalue weighted by atomic mass is 32.2. The predicted octanol–water partition coefficient (Wildman–Crippen LogP) is 0.751. The first-order valence-corrected chi connectivity index (χ1v) is 5.54. The van der Waals surface area contributed by atoms with Crippen molar-refractivity contribution in [3.05, 3.63) is 0 Å². The molecule has 0 bridgehead atoms. The first kappa shape index (κ1) is 15.0. The molecule has 0 aromatic rings. The van der Waals surface area contributed by atoms with E-state index in [4.69, 9.17) is 0 Å². The van der Waals surface area contributed by atoms with Crippen molar-refractivity contribution in [2.45, 2.75) is 11.6 Å². The van der Waals surface area contributed by atoms with Crippen molar-refractivity contribution in [3.8, 4) is 0 Å². The molecule has 0 aromatic heterocycles. The summed E-state index contributed by atoms with van der Waals surface area (Å²) in [6.07, 6.45) is -0.545. The lowest BCUT2D eigenvalue weighted by Gasteiger charge is -2.16. The summed E-state index contributed by atoms with van der Waals surface area (Å²) in [7, 11) is 3.64. The third-order valence-electron chi connectivity index (χ3n) is 1.50. The van der Waals surface area contributed by atoms with Gasteiger partial charge in [-0.15, -0.1) is 0 Å². The Labute approximate surface area is 92.0 Å². The van der Waals surface area contributed by atoms with Gasteiger partial charge >= 0.3 is 5.51 Å². The highest BCUT2D eigenvalue weighted by Gasteiger charge is 2.27. The monoisotopic (exact) mass is 246 g/mol. The largest absolute Gasteiger partial charge is 0.441 e. The standard InChI is InChI=1S/C8H17F3N2OS/c1-13(2)6-7(14)5-12-3-4-15-8(9,10)11/h7,12,14H,3-6H2,1-2H3. The highest BCUT2D eigenvalue weighted by Crippen LogP contribution is 2.29. The third-order valence-corrected chi connectivity index (χ3v) is 2.24. The molecule has 15 heavy (non-hydrogen) atoms. The van der Waals surface area contributed by atoms with Crippen molar-refractivity contribution in [3.63, 3.8) is 0 Å². The van der Waals surface area contributed by atoms with E-state index in [2.05, 4.69) is 5.32 Å². The first-order valence-electron chi connectivity index (χ1n) is 4.55. The normalized spacial score (nSPS) is 14.6. The van der Waals surface area contributed by atoms with Gasteiger partial charge in [0.05, 0.1) is 6.10 Å². The Hall–Kier alpha value is 0.0200. The van der Waals surface area contributed by atoms with Gasteiger partial charge in [-0.05, 0) is 25.9 Å². The van der Waals surface area contributed by atoms with Gasteiger partial charge in [-0.25, -0.2) is 0 Å². The summed E-state index contributed by atoms with van der Waals surface area (Å²) >= 11 is -0.0554. The third kappa shape index (κ3) is 11.9. The molecule has 0 radical (unpaired) electrons. The molecule has 0 aromatic carbocycles. The lowest BCUT2D eigenvalue weighted by atomic mass is 10.3. The number of likely N-dealkylation sites (N-methyl/N-ethyl adjacent to an activating group) is 1. The van der Waals surface area contributed by atoms with Crippen LogP contribution in [0.15, 0.2) is 0 Å². The SMILES string of the molecule is CN(C)CC(O)CNCCSC(F)(F)F. The zero-order valence-electron chi connectivity index (χ0n) is 8.84. The van der Waals surface area contributed by atoms with Crippen LogP contribution in [0.3, 0.4) is 0 Å². The van der Waals surface area contributed by atoms with E-state index < -0.39 is 11.6 Å². The molecular weight excluding hydrogens is 229 g/mol.